The van der Waals surface area contributed by atoms with E-state index in [1.54, 1.807) is 18.2 Å². The second kappa shape index (κ2) is 9.64. The fourth-order valence-electron chi connectivity index (χ4n) is 3.63. The molecule has 2 aromatic rings. The summed E-state index contributed by atoms with van der Waals surface area (Å²) in [5.41, 5.74) is 5.56. The first-order valence-electron chi connectivity index (χ1n) is 9.66. The molecule has 0 saturated carbocycles. The number of thioether (sulfide) groups is 1. The number of nitrogens with zero attached hydrogens (tertiary/aromatic N) is 2. The molecule has 2 heterocycles. The van der Waals surface area contributed by atoms with Gasteiger partial charge in [-0.1, -0.05) is 35.0 Å². The van der Waals surface area contributed by atoms with Gasteiger partial charge in [-0.3, -0.25) is 0 Å². The number of aliphatic hydroxyl groups excluding tert-OH is 1. The molecule has 2 aromatic carbocycles. The second-order valence-electron chi connectivity index (χ2n) is 7.48. The highest BCUT2D eigenvalue weighted by atomic mass is 35.5. The van der Waals surface area contributed by atoms with Gasteiger partial charge < -0.3 is 25.3 Å². The van der Waals surface area contributed by atoms with Gasteiger partial charge in [0.15, 0.2) is 0 Å². The standard InChI is InChI=1S/C21H18Cl2F2N4O3S/c22-11-2-1-9(6-26)16(5-11)33-21-19(30)18(20-15(32-21)8-31-20)29(28)7-14(27)10-3-12(24)17(23)13(25)4-10/h1-5,7,15,18-21,30H,8,27-28H2/b14-7-. The van der Waals surface area contributed by atoms with E-state index in [9.17, 15) is 19.1 Å². The van der Waals surface area contributed by atoms with Crippen molar-refractivity contribution in [1.82, 2.24) is 5.01 Å². The molecule has 5 N–H and O–H groups in total. The van der Waals surface area contributed by atoms with Crippen LogP contribution in [0.25, 0.3) is 5.70 Å². The Morgan fingerprint density at radius 2 is 1.97 bits per heavy atom. The first kappa shape index (κ1) is 24.0. The number of ether oxygens (including phenoxy) is 2. The number of aliphatic hydroxyl groups is 1. The van der Waals surface area contributed by atoms with Gasteiger partial charge in [-0.25, -0.2) is 14.6 Å². The number of fused-ring (bicyclic) bond motifs is 1. The highest BCUT2D eigenvalue weighted by molar-refractivity contribution is 7.99. The van der Waals surface area contributed by atoms with Crippen LogP contribution in [0.5, 0.6) is 0 Å². The van der Waals surface area contributed by atoms with Gasteiger partial charge in [0, 0.05) is 21.7 Å². The van der Waals surface area contributed by atoms with Gasteiger partial charge in [0.2, 0.25) is 0 Å². The van der Waals surface area contributed by atoms with Crippen LogP contribution in [-0.2, 0) is 9.47 Å². The Kier molecular flexibility index (Phi) is 7.02. The lowest BCUT2D eigenvalue weighted by Crippen LogP contribution is -2.69. The smallest absolute Gasteiger partial charge is 0.145 e. The molecule has 0 spiro atoms. The molecule has 12 heteroatoms. The van der Waals surface area contributed by atoms with Crippen molar-refractivity contribution >= 4 is 40.7 Å². The van der Waals surface area contributed by atoms with Gasteiger partial charge in [-0.05, 0) is 30.3 Å². The number of hydrogen-bond donors (Lipinski definition) is 3. The van der Waals surface area contributed by atoms with Crippen molar-refractivity contribution in [2.45, 2.75) is 34.7 Å². The summed E-state index contributed by atoms with van der Waals surface area (Å²) in [5, 5.41) is 21.4. The van der Waals surface area contributed by atoms with E-state index in [0.717, 1.165) is 28.9 Å². The normalized spacial score (nSPS) is 26.8. The third-order valence-corrected chi connectivity index (χ3v) is 7.16. The summed E-state index contributed by atoms with van der Waals surface area (Å²) in [4.78, 5) is 0.539. The van der Waals surface area contributed by atoms with Gasteiger partial charge in [-0.2, -0.15) is 5.26 Å². The topological polar surface area (TPSA) is 118 Å². The van der Waals surface area contributed by atoms with E-state index in [1.165, 1.54) is 6.20 Å². The lowest BCUT2D eigenvalue weighted by atomic mass is 9.93. The van der Waals surface area contributed by atoms with Crippen LogP contribution in [0.2, 0.25) is 10.0 Å². The van der Waals surface area contributed by atoms with Crippen molar-refractivity contribution in [3.8, 4) is 6.07 Å². The minimum atomic E-state index is -1.17. The molecule has 0 aromatic heterocycles. The zero-order valence-electron chi connectivity index (χ0n) is 16.8. The highest BCUT2D eigenvalue weighted by Gasteiger charge is 2.53. The van der Waals surface area contributed by atoms with E-state index in [2.05, 4.69) is 6.07 Å². The molecule has 7 nitrogen and oxygen atoms in total. The first-order chi connectivity index (χ1) is 15.7. The van der Waals surface area contributed by atoms with Crippen LogP contribution in [0.3, 0.4) is 0 Å². The van der Waals surface area contributed by atoms with E-state index >= 15 is 0 Å². The van der Waals surface area contributed by atoms with Gasteiger partial charge in [0.05, 0.1) is 17.9 Å². The Morgan fingerprint density at radius 1 is 1.27 bits per heavy atom. The molecule has 2 aliphatic heterocycles. The van der Waals surface area contributed by atoms with Crippen LogP contribution < -0.4 is 11.6 Å². The highest BCUT2D eigenvalue weighted by Crippen LogP contribution is 2.40. The van der Waals surface area contributed by atoms with Crippen molar-refractivity contribution in [2.75, 3.05) is 6.61 Å². The molecule has 5 atom stereocenters. The van der Waals surface area contributed by atoms with Crippen molar-refractivity contribution in [1.29, 1.82) is 5.26 Å². The van der Waals surface area contributed by atoms with Crippen LogP contribution in [-0.4, -0.2) is 46.5 Å². The monoisotopic (exact) mass is 514 g/mol. The average molecular weight is 515 g/mol. The van der Waals surface area contributed by atoms with Gasteiger partial charge in [-0.15, -0.1) is 0 Å². The second-order valence-corrected chi connectivity index (χ2v) is 9.43. The molecule has 33 heavy (non-hydrogen) atoms. The summed E-state index contributed by atoms with van der Waals surface area (Å²) in [7, 11) is 0. The van der Waals surface area contributed by atoms with Crippen molar-refractivity contribution < 1.29 is 23.4 Å². The molecule has 0 aliphatic carbocycles. The summed E-state index contributed by atoms with van der Waals surface area (Å²) < 4.78 is 39.1. The van der Waals surface area contributed by atoms with Gasteiger partial charge in [0.1, 0.15) is 52.5 Å². The molecule has 174 valence electrons. The fourth-order valence-corrected chi connectivity index (χ4v) is 5.16. The molecule has 2 aliphatic rings. The van der Waals surface area contributed by atoms with E-state index in [4.69, 9.17) is 44.3 Å². The van der Waals surface area contributed by atoms with Gasteiger partial charge >= 0.3 is 0 Å². The predicted molar refractivity (Wildman–Crippen MR) is 120 cm³/mol. The largest absolute Gasteiger partial charge is 0.397 e. The fraction of sp³-hybridized carbons (Fsp3) is 0.286. The number of rotatable bonds is 5. The molecule has 0 radical (unpaired) electrons. The molecular formula is C21H18Cl2F2N4O3S. The third-order valence-electron chi connectivity index (χ3n) is 5.35. The molecular weight excluding hydrogens is 497 g/mol. The number of hydrazine groups is 1. The maximum atomic E-state index is 13.8. The Bertz CT molecular complexity index is 1130. The maximum Gasteiger partial charge on any atom is 0.145 e. The Hall–Kier alpha value is -2.10. The van der Waals surface area contributed by atoms with E-state index in [-0.39, 0.29) is 17.4 Å². The number of nitrogens with two attached hydrogens (primary N) is 2. The number of benzene rings is 2. The molecule has 0 bridgehead atoms. The average Bonchev–Trinajstić information content (AvgIpc) is 2.75. The van der Waals surface area contributed by atoms with E-state index in [0.29, 0.717) is 22.1 Å². The van der Waals surface area contributed by atoms with Crippen molar-refractivity contribution in [3.05, 3.63) is 69.3 Å². The summed E-state index contributed by atoms with van der Waals surface area (Å²) in [6, 6.07) is 8.04. The van der Waals surface area contributed by atoms with Crippen LogP contribution in [0.1, 0.15) is 11.1 Å². The van der Waals surface area contributed by atoms with E-state index in [1.807, 2.05) is 0 Å². The minimum absolute atomic E-state index is 0.0287. The van der Waals surface area contributed by atoms with Gasteiger partial charge in [0.25, 0.3) is 0 Å². The Labute approximate surface area is 202 Å². The molecule has 4 rings (SSSR count). The summed E-state index contributed by atoms with van der Waals surface area (Å²) in [6.45, 7) is 0.298. The summed E-state index contributed by atoms with van der Waals surface area (Å²) >= 11 is 12.7. The number of halogens is 4. The third kappa shape index (κ3) is 4.76. The molecule has 2 fully saturated rings. The SMILES string of the molecule is N#Cc1ccc(Cl)cc1SC1OC2COC2C(N(N)/C=C(\N)c2cc(F)c(Cl)c(F)c2)C1O. The molecule has 0 amide bonds. The van der Waals surface area contributed by atoms with Crippen LogP contribution in [0, 0.1) is 23.0 Å². The summed E-state index contributed by atoms with van der Waals surface area (Å²) in [5.74, 6) is 4.26. The number of hydrogen-bond acceptors (Lipinski definition) is 8. The summed E-state index contributed by atoms with van der Waals surface area (Å²) in [6.07, 6.45) is -0.831. The first-order valence-corrected chi connectivity index (χ1v) is 11.3. The Morgan fingerprint density at radius 3 is 2.58 bits per heavy atom. The molecule has 5 unspecified atom stereocenters. The molecule has 2 saturated heterocycles. The van der Waals surface area contributed by atoms with Crippen LogP contribution in [0.4, 0.5) is 8.78 Å². The number of nitriles is 1. The van der Waals surface area contributed by atoms with Crippen molar-refractivity contribution in [2.24, 2.45) is 11.6 Å². The zero-order valence-corrected chi connectivity index (χ0v) is 19.1. The Balaban J connectivity index is 1.58. The lowest BCUT2D eigenvalue weighted by molar-refractivity contribution is -0.269. The van der Waals surface area contributed by atoms with E-state index < -0.39 is 40.3 Å². The lowest BCUT2D eigenvalue weighted by Gasteiger charge is -2.52. The predicted octanol–water partition coefficient (Wildman–Crippen LogP) is 3.22. The zero-order chi connectivity index (χ0) is 23.9. The van der Waals surface area contributed by atoms with Crippen molar-refractivity contribution in [3.63, 3.8) is 0 Å². The minimum Gasteiger partial charge on any atom is -0.397 e. The van der Waals surface area contributed by atoms with Crippen LogP contribution >= 0.6 is 35.0 Å². The maximum absolute atomic E-state index is 13.8. The quantitative estimate of drug-likeness (QED) is 0.316. The van der Waals surface area contributed by atoms with Crippen LogP contribution in [0.15, 0.2) is 41.4 Å².